The molecular weight excluding hydrogens is 503 g/mol. The molecule has 2 saturated heterocycles. The Kier molecular flexibility index (Phi) is 7.47. The standard InChI is InChI=1S/C24H30Cl2N8O2/c1-2-17-14-33(22-20(26)28-19(21(27)29-22)23-30-31-24(35)36-23)11-12-34(17)18-7-9-32(10-8-18)13-15-3-5-16(25)6-4-15/h3-6,17-18H,2,7-14H2,1H3,(H2,27,29)(H,31,35)/t17-/m0/s1. The van der Waals surface area contributed by atoms with Crippen LogP contribution in [0.15, 0.2) is 33.5 Å². The second-order valence-electron chi connectivity index (χ2n) is 9.37. The van der Waals surface area contributed by atoms with Crippen molar-refractivity contribution >= 4 is 34.8 Å². The fourth-order valence-corrected chi connectivity index (χ4v) is 5.64. The number of hydrogen-bond donors (Lipinski definition) is 2. The van der Waals surface area contributed by atoms with E-state index in [1.165, 1.54) is 5.56 Å². The number of rotatable bonds is 6. The average molecular weight is 533 g/mol. The molecule has 0 amide bonds. The number of piperidine rings is 1. The summed E-state index contributed by atoms with van der Waals surface area (Å²) in [4.78, 5) is 27.5. The third-order valence-corrected chi connectivity index (χ3v) is 7.65. The van der Waals surface area contributed by atoms with E-state index in [9.17, 15) is 4.79 Å². The van der Waals surface area contributed by atoms with Crippen LogP contribution < -0.4 is 16.4 Å². The van der Waals surface area contributed by atoms with Crippen molar-refractivity contribution in [3.05, 3.63) is 50.6 Å². The van der Waals surface area contributed by atoms with E-state index in [0.717, 1.165) is 63.6 Å². The van der Waals surface area contributed by atoms with Gasteiger partial charge in [0.15, 0.2) is 22.5 Å². The summed E-state index contributed by atoms with van der Waals surface area (Å²) in [5.74, 6) is -0.0545. The minimum Gasteiger partial charge on any atom is -0.386 e. The first-order valence-corrected chi connectivity index (χ1v) is 13.0. The van der Waals surface area contributed by atoms with E-state index in [0.29, 0.717) is 17.9 Å². The van der Waals surface area contributed by atoms with Gasteiger partial charge in [0.05, 0.1) is 0 Å². The predicted molar refractivity (Wildman–Crippen MR) is 140 cm³/mol. The molecule has 2 aliphatic heterocycles. The number of aromatic amines is 1. The zero-order valence-electron chi connectivity index (χ0n) is 20.2. The molecule has 36 heavy (non-hydrogen) atoms. The minimum absolute atomic E-state index is 0.0305. The largest absolute Gasteiger partial charge is 0.434 e. The van der Waals surface area contributed by atoms with Crippen LogP contribution in [0.5, 0.6) is 0 Å². The molecule has 5 rings (SSSR count). The zero-order valence-corrected chi connectivity index (χ0v) is 21.7. The van der Waals surface area contributed by atoms with Gasteiger partial charge in [-0.25, -0.2) is 19.9 Å². The Hall–Kier alpha value is -2.66. The highest BCUT2D eigenvalue weighted by molar-refractivity contribution is 6.32. The minimum atomic E-state index is -0.691. The van der Waals surface area contributed by atoms with Crippen molar-refractivity contribution in [2.45, 2.75) is 44.8 Å². The molecule has 0 aliphatic carbocycles. The van der Waals surface area contributed by atoms with Crippen molar-refractivity contribution in [3.8, 4) is 11.6 Å². The Labute approximate surface area is 219 Å². The fraction of sp³-hybridized carbons (Fsp3) is 0.500. The second-order valence-corrected chi connectivity index (χ2v) is 10.2. The number of nitrogens with zero attached hydrogens (tertiary/aromatic N) is 6. The van der Waals surface area contributed by atoms with E-state index in [-0.39, 0.29) is 22.6 Å². The van der Waals surface area contributed by atoms with Gasteiger partial charge in [0.2, 0.25) is 0 Å². The molecule has 192 valence electrons. The van der Waals surface area contributed by atoms with Crippen LogP contribution in [0.3, 0.4) is 0 Å². The average Bonchev–Trinajstić information content (AvgIpc) is 3.32. The van der Waals surface area contributed by atoms with Gasteiger partial charge < -0.3 is 15.1 Å². The maximum Gasteiger partial charge on any atom is 0.434 e. The molecule has 2 fully saturated rings. The van der Waals surface area contributed by atoms with Crippen molar-refractivity contribution < 1.29 is 4.42 Å². The molecule has 3 N–H and O–H groups in total. The third-order valence-electron chi connectivity index (χ3n) is 7.15. The summed E-state index contributed by atoms with van der Waals surface area (Å²) in [5.41, 5.74) is 7.58. The normalized spacial score (nSPS) is 20.2. The SMILES string of the molecule is CC[C@H]1CN(c2nc(N)c(-c3n[nH]c(=O)o3)nc2Cl)CCN1C1CCN(Cc2ccc(Cl)cc2)CC1. The molecule has 0 saturated carbocycles. The number of benzene rings is 1. The Balaban J connectivity index is 1.21. The van der Waals surface area contributed by atoms with Crippen molar-refractivity contribution in [2.75, 3.05) is 43.4 Å². The quantitative estimate of drug-likeness (QED) is 0.492. The summed E-state index contributed by atoms with van der Waals surface area (Å²) in [6, 6.07) is 9.09. The molecule has 4 heterocycles. The lowest BCUT2D eigenvalue weighted by Gasteiger charge is -2.47. The summed E-state index contributed by atoms with van der Waals surface area (Å²) >= 11 is 12.5. The van der Waals surface area contributed by atoms with Gasteiger partial charge in [-0.2, -0.15) is 0 Å². The summed E-state index contributed by atoms with van der Waals surface area (Å²) in [6.07, 6.45) is 3.33. The van der Waals surface area contributed by atoms with Crippen LogP contribution in [-0.4, -0.2) is 74.8 Å². The van der Waals surface area contributed by atoms with Crippen molar-refractivity contribution in [2.24, 2.45) is 0 Å². The lowest BCUT2D eigenvalue weighted by atomic mass is 9.98. The van der Waals surface area contributed by atoms with Gasteiger partial charge in [-0.1, -0.05) is 42.3 Å². The molecule has 0 radical (unpaired) electrons. The highest BCUT2D eigenvalue weighted by Crippen LogP contribution is 2.32. The highest BCUT2D eigenvalue weighted by atomic mass is 35.5. The summed E-state index contributed by atoms with van der Waals surface area (Å²) in [7, 11) is 0. The number of nitrogens with two attached hydrogens (primary N) is 1. The van der Waals surface area contributed by atoms with Gasteiger partial charge in [-0.3, -0.25) is 9.80 Å². The number of anilines is 2. The highest BCUT2D eigenvalue weighted by Gasteiger charge is 2.34. The van der Waals surface area contributed by atoms with Crippen LogP contribution >= 0.6 is 23.2 Å². The fourth-order valence-electron chi connectivity index (χ4n) is 5.27. The van der Waals surface area contributed by atoms with Crippen molar-refractivity contribution in [1.29, 1.82) is 0 Å². The van der Waals surface area contributed by atoms with E-state index in [2.05, 4.69) is 53.9 Å². The summed E-state index contributed by atoms with van der Waals surface area (Å²) in [6.45, 7) is 7.87. The van der Waals surface area contributed by atoms with Gasteiger partial charge in [-0.05, 0) is 50.0 Å². The number of halogens is 2. The summed E-state index contributed by atoms with van der Waals surface area (Å²) in [5, 5.41) is 6.96. The van der Waals surface area contributed by atoms with Crippen LogP contribution in [0.1, 0.15) is 31.7 Å². The van der Waals surface area contributed by atoms with E-state index in [1.54, 1.807) is 0 Å². The monoisotopic (exact) mass is 532 g/mol. The number of nitrogen functional groups attached to an aromatic ring is 1. The number of H-pyrrole nitrogens is 1. The van der Waals surface area contributed by atoms with Crippen molar-refractivity contribution in [3.63, 3.8) is 0 Å². The van der Waals surface area contributed by atoms with Crippen LogP contribution in [0.25, 0.3) is 11.6 Å². The Bertz CT molecular complexity index is 1240. The van der Waals surface area contributed by atoms with Gasteiger partial charge >= 0.3 is 5.76 Å². The first-order valence-electron chi connectivity index (χ1n) is 12.3. The maximum atomic E-state index is 11.3. The molecule has 2 aromatic heterocycles. The van der Waals surface area contributed by atoms with Crippen LogP contribution in [0.4, 0.5) is 11.6 Å². The summed E-state index contributed by atoms with van der Waals surface area (Å²) < 4.78 is 4.96. The molecule has 0 bridgehead atoms. The second kappa shape index (κ2) is 10.8. The molecule has 10 nitrogen and oxygen atoms in total. The van der Waals surface area contributed by atoms with Gasteiger partial charge in [-0.15, -0.1) is 5.10 Å². The van der Waals surface area contributed by atoms with E-state index in [4.69, 9.17) is 33.4 Å². The number of likely N-dealkylation sites (tertiary alicyclic amines) is 1. The number of aromatic nitrogens is 4. The Morgan fingerprint density at radius 1 is 1.11 bits per heavy atom. The Morgan fingerprint density at radius 2 is 1.86 bits per heavy atom. The molecule has 0 spiro atoms. The predicted octanol–water partition coefficient (Wildman–Crippen LogP) is 3.27. The number of hydrogen-bond acceptors (Lipinski definition) is 9. The molecule has 12 heteroatoms. The molecule has 2 aliphatic rings. The van der Waals surface area contributed by atoms with Gasteiger partial charge in [0.1, 0.15) is 0 Å². The van der Waals surface area contributed by atoms with E-state index in [1.807, 2.05) is 12.1 Å². The first-order chi connectivity index (χ1) is 17.4. The van der Waals surface area contributed by atoms with Crippen molar-refractivity contribution in [1.82, 2.24) is 30.0 Å². The topological polar surface area (TPSA) is 120 Å². The molecule has 1 aromatic carbocycles. The third kappa shape index (κ3) is 5.36. The van der Waals surface area contributed by atoms with Crippen LogP contribution in [0.2, 0.25) is 10.2 Å². The van der Waals surface area contributed by atoms with E-state index >= 15 is 0 Å². The smallest absolute Gasteiger partial charge is 0.386 e. The van der Waals surface area contributed by atoms with Crippen LogP contribution in [-0.2, 0) is 6.54 Å². The number of piperazine rings is 1. The lowest BCUT2D eigenvalue weighted by Crippen LogP contribution is -2.58. The molecule has 0 unspecified atom stereocenters. The van der Waals surface area contributed by atoms with Crippen LogP contribution in [0, 0.1) is 0 Å². The lowest BCUT2D eigenvalue weighted by molar-refractivity contribution is 0.0610. The molecule has 1 atom stereocenters. The maximum absolute atomic E-state index is 11.3. The van der Waals surface area contributed by atoms with Gasteiger partial charge in [0.25, 0.3) is 5.89 Å². The zero-order chi connectivity index (χ0) is 25.2. The molecular formula is C24H30Cl2N8O2. The first kappa shape index (κ1) is 25.0. The van der Waals surface area contributed by atoms with E-state index < -0.39 is 5.76 Å². The van der Waals surface area contributed by atoms with Gasteiger partial charge in [0, 0.05) is 43.3 Å². The Morgan fingerprint density at radius 3 is 2.53 bits per heavy atom. The number of nitrogens with one attached hydrogen (secondary N) is 1. The molecule has 3 aromatic rings.